The first-order valence-electron chi connectivity index (χ1n) is 7.99. The molecule has 0 amide bonds. The molecular weight excluding hydrogens is 407 g/mol. The van der Waals surface area contributed by atoms with Crippen LogP contribution in [0.15, 0.2) is 47.5 Å². The number of aromatic nitrogens is 1. The molecule has 7 heteroatoms. The number of benzene rings is 2. The Morgan fingerprint density at radius 1 is 1.00 bits per heavy atom. The second-order valence-corrected chi connectivity index (χ2v) is 7.21. The molecule has 0 bridgehead atoms. The van der Waals surface area contributed by atoms with Crippen molar-refractivity contribution in [2.45, 2.75) is 13.8 Å². The molecule has 0 unspecified atom stereocenters. The van der Waals surface area contributed by atoms with E-state index in [1.165, 1.54) is 0 Å². The van der Waals surface area contributed by atoms with Gasteiger partial charge in [-0.15, -0.1) is 0 Å². The Morgan fingerprint density at radius 3 is 2.37 bits per heavy atom. The number of carboxylic acids is 1. The molecule has 4 nitrogen and oxygen atoms in total. The van der Waals surface area contributed by atoms with Gasteiger partial charge in [-0.1, -0.05) is 34.8 Å². The van der Waals surface area contributed by atoms with Crippen LogP contribution in [-0.4, -0.2) is 21.9 Å². The van der Waals surface area contributed by atoms with Crippen molar-refractivity contribution in [3.8, 4) is 5.69 Å². The van der Waals surface area contributed by atoms with E-state index in [2.05, 4.69) is 4.99 Å². The summed E-state index contributed by atoms with van der Waals surface area (Å²) >= 11 is 17.9. The van der Waals surface area contributed by atoms with Crippen molar-refractivity contribution >= 4 is 52.7 Å². The van der Waals surface area contributed by atoms with Crippen LogP contribution in [0.2, 0.25) is 15.1 Å². The molecule has 0 aliphatic carbocycles. The van der Waals surface area contributed by atoms with Gasteiger partial charge in [0, 0.05) is 28.9 Å². The van der Waals surface area contributed by atoms with Crippen molar-refractivity contribution in [2.24, 2.45) is 4.99 Å². The van der Waals surface area contributed by atoms with Gasteiger partial charge < -0.3 is 9.67 Å². The van der Waals surface area contributed by atoms with Crippen molar-refractivity contribution < 1.29 is 9.90 Å². The number of carboxylic acid groups (broad SMARTS) is 1. The van der Waals surface area contributed by atoms with Gasteiger partial charge >= 0.3 is 5.97 Å². The summed E-state index contributed by atoms with van der Waals surface area (Å²) < 4.78 is 1.96. The number of hydrogen-bond acceptors (Lipinski definition) is 2. The summed E-state index contributed by atoms with van der Waals surface area (Å²) in [6.07, 6.45) is 1.74. The fraction of sp³-hybridized carbons (Fsp3) is 0.100. The SMILES string of the molecule is Cc1cc(C=Nc2ccc(Cl)c(Cl)c2)c(C)n1-c1ccc(Cl)c(C(=O)O)c1. The number of rotatable bonds is 4. The molecule has 0 fully saturated rings. The highest BCUT2D eigenvalue weighted by molar-refractivity contribution is 6.42. The first-order chi connectivity index (χ1) is 12.8. The van der Waals surface area contributed by atoms with Gasteiger partial charge in [0.05, 0.1) is 26.3 Å². The molecule has 27 heavy (non-hydrogen) atoms. The molecule has 1 aromatic heterocycles. The van der Waals surface area contributed by atoms with Crippen LogP contribution < -0.4 is 0 Å². The molecule has 0 spiro atoms. The Morgan fingerprint density at radius 2 is 1.70 bits per heavy atom. The molecule has 2 aromatic carbocycles. The van der Waals surface area contributed by atoms with Gasteiger partial charge in [-0.25, -0.2) is 4.79 Å². The Balaban J connectivity index is 2.00. The number of aliphatic imine (C=N–C) groups is 1. The average Bonchev–Trinajstić information content (AvgIpc) is 2.90. The molecule has 0 atom stereocenters. The monoisotopic (exact) mass is 420 g/mol. The van der Waals surface area contributed by atoms with E-state index in [4.69, 9.17) is 34.8 Å². The van der Waals surface area contributed by atoms with Gasteiger partial charge in [-0.05, 0) is 56.3 Å². The summed E-state index contributed by atoms with van der Waals surface area (Å²) in [6.45, 7) is 3.89. The summed E-state index contributed by atoms with van der Waals surface area (Å²) in [7, 11) is 0. The van der Waals surface area contributed by atoms with Crippen LogP contribution in [0, 0.1) is 13.8 Å². The van der Waals surface area contributed by atoms with E-state index >= 15 is 0 Å². The van der Waals surface area contributed by atoms with E-state index in [1.807, 2.05) is 24.5 Å². The first-order valence-corrected chi connectivity index (χ1v) is 9.12. The summed E-state index contributed by atoms with van der Waals surface area (Å²) in [6, 6.07) is 12.1. The average molecular weight is 422 g/mol. The summed E-state index contributed by atoms with van der Waals surface area (Å²) in [5, 5.41) is 10.4. The van der Waals surface area contributed by atoms with Crippen LogP contribution in [0.1, 0.15) is 27.3 Å². The Bertz CT molecular complexity index is 1070. The van der Waals surface area contributed by atoms with Crippen LogP contribution in [0.3, 0.4) is 0 Å². The zero-order valence-electron chi connectivity index (χ0n) is 14.5. The maximum absolute atomic E-state index is 11.4. The minimum Gasteiger partial charge on any atom is -0.478 e. The van der Waals surface area contributed by atoms with Crippen molar-refractivity contribution in [1.82, 2.24) is 4.57 Å². The van der Waals surface area contributed by atoms with Crippen LogP contribution >= 0.6 is 34.8 Å². The van der Waals surface area contributed by atoms with E-state index in [-0.39, 0.29) is 10.6 Å². The summed E-state index contributed by atoms with van der Waals surface area (Å²) in [5.74, 6) is -1.06. The number of carbonyl (C=O) groups is 1. The number of hydrogen-bond donors (Lipinski definition) is 1. The predicted molar refractivity (Wildman–Crippen MR) is 111 cm³/mol. The second-order valence-electron chi connectivity index (χ2n) is 5.99. The number of halogens is 3. The lowest BCUT2D eigenvalue weighted by atomic mass is 10.2. The van der Waals surface area contributed by atoms with E-state index < -0.39 is 5.97 Å². The highest BCUT2D eigenvalue weighted by atomic mass is 35.5. The van der Waals surface area contributed by atoms with E-state index in [1.54, 1.807) is 42.6 Å². The largest absolute Gasteiger partial charge is 0.478 e. The van der Waals surface area contributed by atoms with Gasteiger partial charge in [0.2, 0.25) is 0 Å². The lowest BCUT2D eigenvalue weighted by molar-refractivity contribution is 0.0697. The van der Waals surface area contributed by atoms with Crippen molar-refractivity contribution in [1.29, 1.82) is 0 Å². The molecule has 138 valence electrons. The molecule has 1 N–H and O–H groups in total. The smallest absolute Gasteiger partial charge is 0.337 e. The molecule has 0 aliphatic heterocycles. The Hall–Kier alpha value is -2.27. The fourth-order valence-corrected chi connectivity index (χ4v) is 3.33. The molecule has 0 saturated carbocycles. The van der Waals surface area contributed by atoms with Crippen molar-refractivity contribution in [2.75, 3.05) is 0 Å². The molecule has 3 aromatic rings. The lowest BCUT2D eigenvalue weighted by Gasteiger charge is -2.11. The van der Waals surface area contributed by atoms with E-state index in [0.29, 0.717) is 15.7 Å². The third kappa shape index (κ3) is 4.03. The van der Waals surface area contributed by atoms with Crippen molar-refractivity contribution in [3.05, 3.63) is 80.0 Å². The predicted octanol–water partition coefficient (Wildman–Crippen LogP) is 6.50. The first kappa shape index (κ1) is 19.5. The Kier molecular flexibility index (Phi) is 5.61. The van der Waals surface area contributed by atoms with Crippen molar-refractivity contribution in [3.63, 3.8) is 0 Å². The molecule has 3 rings (SSSR count). The van der Waals surface area contributed by atoms with E-state index in [9.17, 15) is 9.90 Å². The Labute approximate surface area is 171 Å². The van der Waals surface area contributed by atoms with Gasteiger partial charge in [0.1, 0.15) is 0 Å². The van der Waals surface area contributed by atoms with Crippen LogP contribution in [0.4, 0.5) is 5.69 Å². The summed E-state index contributed by atoms with van der Waals surface area (Å²) in [4.78, 5) is 15.8. The van der Waals surface area contributed by atoms with Gasteiger partial charge in [-0.2, -0.15) is 0 Å². The maximum Gasteiger partial charge on any atom is 0.337 e. The fourth-order valence-electron chi connectivity index (χ4n) is 2.84. The zero-order valence-corrected chi connectivity index (χ0v) is 16.8. The molecule has 0 radical (unpaired) electrons. The van der Waals surface area contributed by atoms with Crippen LogP contribution in [0.25, 0.3) is 5.69 Å². The van der Waals surface area contributed by atoms with Crippen LogP contribution in [0.5, 0.6) is 0 Å². The van der Waals surface area contributed by atoms with Crippen LogP contribution in [-0.2, 0) is 0 Å². The van der Waals surface area contributed by atoms with Gasteiger partial charge in [0.15, 0.2) is 0 Å². The molecule has 0 saturated heterocycles. The zero-order chi connectivity index (χ0) is 19.7. The quantitative estimate of drug-likeness (QED) is 0.489. The minimum absolute atomic E-state index is 0.0627. The molecule has 1 heterocycles. The molecular formula is C20H15Cl3N2O2. The normalized spacial score (nSPS) is 11.3. The van der Waals surface area contributed by atoms with Gasteiger partial charge in [0.25, 0.3) is 0 Å². The highest BCUT2D eigenvalue weighted by Gasteiger charge is 2.14. The minimum atomic E-state index is -1.06. The topological polar surface area (TPSA) is 54.6 Å². The van der Waals surface area contributed by atoms with E-state index in [0.717, 1.165) is 22.6 Å². The highest BCUT2D eigenvalue weighted by Crippen LogP contribution is 2.28. The molecule has 0 aliphatic rings. The summed E-state index contributed by atoms with van der Waals surface area (Å²) in [5.41, 5.74) is 4.25. The van der Waals surface area contributed by atoms with Gasteiger partial charge in [-0.3, -0.25) is 4.99 Å². The number of nitrogens with zero attached hydrogens (tertiary/aromatic N) is 2. The third-order valence-corrected chi connectivity index (χ3v) is 5.23. The standard InChI is InChI=1S/C20H15Cl3N2O2/c1-11-7-13(10-24-14-3-5-18(22)19(23)8-14)12(2)25(11)15-4-6-17(21)16(9-15)20(26)27/h3-10H,1-2H3,(H,26,27). The third-order valence-electron chi connectivity index (χ3n) is 4.16. The maximum atomic E-state index is 11.4. The second kappa shape index (κ2) is 7.77. The number of aryl methyl sites for hydroxylation is 1. The lowest BCUT2D eigenvalue weighted by Crippen LogP contribution is -2.03. The number of aromatic carboxylic acids is 1.